The second-order valence-corrected chi connectivity index (χ2v) is 9.32. The first-order valence-electron chi connectivity index (χ1n) is 13.2. The van der Waals surface area contributed by atoms with Crippen molar-refractivity contribution in [1.29, 1.82) is 0 Å². The summed E-state index contributed by atoms with van der Waals surface area (Å²) >= 11 is 0. The highest BCUT2D eigenvalue weighted by Crippen LogP contribution is 2.32. The maximum absolute atomic E-state index is 13.1. The van der Waals surface area contributed by atoms with Gasteiger partial charge in [0.2, 0.25) is 17.7 Å². The van der Waals surface area contributed by atoms with Crippen LogP contribution in [0.1, 0.15) is 91.8 Å². The highest BCUT2D eigenvalue weighted by molar-refractivity contribution is 6.26. The maximum atomic E-state index is 13.1. The van der Waals surface area contributed by atoms with Crippen LogP contribution in [0, 0.1) is 0 Å². The molecule has 0 spiro atoms. The number of carbonyl (C=O) groups is 6. The number of hydrogen-bond donors (Lipinski definition) is 2. The number of rotatable bonds is 15. The standard InChI is InChI=1S/C27H35N3O8/c1-2-3-5-12-23(33)38-17-16-37-15-7-4-6-11-21(31)28-19-10-8-9-18-24(19)27(36)30(26(18)35)20-13-14-22(32)29-25(20)34/h8-10,20H,2-7,11-17H2,1H3,(H,28,31)(H,29,32,34). The largest absolute Gasteiger partial charge is 0.463 e. The van der Waals surface area contributed by atoms with Gasteiger partial charge in [0.25, 0.3) is 11.8 Å². The SMILES string of the molecule is CCCCCC(=O)OCCOCCCCCC(=O)Nc1cccc2c1C(=O)N(C1CCC(=O)NC1=O)C2=O. The molecule has 1 atom stereocenters. The molecule has 1 aromatic carbocycles. The Labute approximate surface area is 221 Å². The van der Waals surface area contributed by atoms with E-state index in [0.717, 1.165) is 37.0 Å². The minimum atomic E-state index is -1.07. The molecule has 206 valence electrons. The lowest BCUT2D eigenvalue weighted by molar-refractivity contribution is -0.145. The number of carbonyl (C=O) groups excluding carboxylic acids is 6. The van der Waals surface area contributed by atoms with Crippen LogP contribution in [0.25, 0.3) is 0 Å². The normalized spacial score (nSPS) is 16.9. The molecule has 2 aliphatic rings. The number of amides is 5. The fourth-order valence-corrected chi connectivity index (χ4v) is 4.41. The van der Waals surface area contributed by atoms with Crippen LogP contribution >= 0.6 is 0 Å². The Morgan fingerprint density at radius 3 is 2.53 bits per heavy atom. The molecule has 0 radical (unpaired) electrons. The molecule has 5 amide bonds. The number of esters is 1. The number of ether oxygens (including phenoxy) is 2. The minimum absolute atomic E-state index is 0.0328. The van der Waals surface area contributed by atoms with Crippen molar-refractivity contribution in [2.24, 2.45) is 0 Å². The number of benzene rings is 1. The molecule has 3 rings (SSSR count). The average molecular weight is 530 g/mol. The number of piperidine rings is 1. The summed E-state index contributed by atoms with van der Waals surface area (Å²) in [5.74, 6) is -2.92. The van der Waals surface area contributed by atoms with Crippen LogP contribution < -0.4 is 10.6 Å². The number of nitrogens with one attached hydrogen (secondary N) is 2. The molecule has 2 aliphatic heterocycles. The van der Waals surface area contributed by atoms with Crippen LogP contribution in [0.4, 0.5) is 5.69 Å². The molecule has 0 saturated carbocycles. The van der Waals surface area contributed by atoms with Gasteiger partial charge in [-0.15, -0.1) is 0 Å². The van der Waals surface area contributed by atoms with Crippen LogP contribution in [-0.2, 0) is 28.7 Å². The summed E-state index contributed by atoms with van der Waals surface area (Å²) in [6.07, 6.45) is 5.75. The van der Waals surface area contributed by atoms with Crippen molar-refractivity contribution < 1.29 is 38.2 Å². The number of unbranched alkanes of at least 4 members (excludes halogenated alkanes) is 4. The van der Waals surface area contributed by atoms with E-state index >= 15 is 0 Å². The first kappa shape index (κ1) is 29.0. The smallest absolute Gasteiger partial charge is 0.305 e. The second kappa shape index (κ2) is 14.4. The fourth-order valence-electron chi connectivity index (χ4n) is 4.41. The highest BCUT2D eigenvalue weighted by Gasteiger charge is 2.45. The first-order chi connectivity index (χ1) is 18.3. The van der Waals surface area contributed by atoms with E-state index in [-0.39, 0.29) is 54.6 Å². The molecule has 1 aromatic rings. The van der Waals surface area contributed by atoms with Gasteiger partial charge in [0, 0.05) is 25.9 Å². The third-order valence-corrected chi connectivity index (χ3v) is 6.41. The fraction of sp³-hybridized carbons (Fsp3) is 0.556. The maximum Gasteiger partial charge on any atom is 0.305 e. The van der Waals surface area contributed by atoms with Gasteiger partial charge in [0.05, 0.1) is 23.4 Å². The molecule has 11 nitrogen and oxygen atoms in total. The highest BCUT2D eigenvalue weighted by atomic mass is 16.6. The molecule has 11 heteroatoms. The van der Waals surface area contributed by atoms with Gasteiger partial charge < -0.3 is 14.8 Å². The van der Waals surface area contributed by atoms with Gasteiger partial charge in [-0.1, -0.05) is 32.3 Å². The lowest BCUT2D eigenvalue weighted by Gasteiger charge is -2.27. The molecule has 1 saturated heterocycles. The molecule has 1 fully saturated rings. The summed E-state index contributed by atoms with van der Waals surface area (Å²) in [5.41, 5.74) is 0.379. The van der Waals surface area contributed by atoms with E-state index in [9.17, 15) is 28.8 Å². The van der Waals surface area contributed by atoms with Gasteiger partial charge in [0.1, 0.15) is 12.6 Å². The number of fused-ring (bicyclic) bond motifs is 1. The monoisotopic (exact) mass is 529 g/mol. The molecular formula is C27H35N3O8. The molecule has 1 unspecified atom stereocenters. The predicted molar refractivity (Wildman–Crippen MR) is 136 cm³/mol. The van der Waals surface area contributed by atoms with Crippen molar-refractivity contribution in [3.63, 3.8) is 0 Å². The van der Waals surface area contributed by atoms with Gasteiger partial charge in [-0.2, -0.15) is 0 Å². The van der Waals surface area contributed by atoms with Crippen molar-refractivity contribution >= 4 is 41.2 Å². The molecular weight excluding hydrogens is 494 g/mol. The van der Waals surface area contributed by atoms with E-state index in [2.05, 4.69) is 17.6 Å². The average Bonchev–Trinajstić information content (AvgIpc) is 3.13. The van der Waals surface area contributed by atoms with Gasteiger partial charge in [-0.3, -0.25) is 39.0 Å². The number of anilines is 1. The van der Waals surface area contributed by atoms with Crippen molar-refractivity contribution in [1.82, 2.24) is 10.2 Å². The molecule has 0 aromatic heterocycles. The van der Waals surface area contributed by atoms with E-state index in [4.69, 9.17) is 9.47 Å². The van der Waals surface area contributed by atoms with Crippen molar-refractivity contribution in [2.75, 3.05) is 25.1 Å². The third kappa shape index (κ3) is 7.70. The summed E-state index contributed by atoms with van der Waals surface area (Å²) < 4.78 is 10.6. The predicted octanol–water partition coefficient (Wildman–Crippen LogP) is 2.73. The third-order valence-electron chi connectivity index (χ3n) is 6.41. The number of hydrogen-bond acceptors (Lipinski definition) is 8. The molecule has 0 bridgehead atoms. The van der Waals surface area contributed by atoms with E-state index in [1.807, 2.05) is 0 Å². The Kier molecular flexibility index (Phi) is 11.0. The molecule has 2 N–H and O–H groups in total. The molecule has 38 heavy (non-hydrogen) atoms. The number of imide groups is 2. The first-order valence-corrected chi connectivity index (χ1v) is 13.2. The van der Waals surface area contributed by atoms with Gasteiger partial charge in [-0.25, -0.2) is 0 Å². The van der Waals surface area contributed by atoms with Crippen LogP contribution in [0.3, 0.4) is 0 Å². The van der Waals surface area contributed by atoms with Crippen molar-refractivity contribution in [3.05, 3.63) is 29.3 Å². The Hall–Kier alpha value is -3.60. The van der Waals surface area contributed by atoms with Gasteiger partial charge >= 0.3 is 5.97 Å². The zero-order chi connectivity index (χ0) is 27.5. The Bertz CT molecular complexity index is 1070. The minimum Gasteiger partial charge on any atom is -0.463 e. The van der Waals surface area contributed by atoms with Crippen molar-refractivity contribution in [2.45, 2.75) is 77.2 Å². The molecule has 2 heterocycles. The lowest BCUT2D eigenvalue weighted by atomic mass is 10.0. The van der Waals surface area contributed by atoms with Gasteiger partial charge in [0.15, 0.2) is 0 Å². The van der Waals surface area contributed by atoms with Gasteiger partial charge in [-0.05, 0) is 37.8 Å². The number of nitrogens with zero attached hydrogens (tertiary/aromatic N) is 1. The van der Waals surface area contributed by atoms with E-state index in [1.54, 1.807) is 12.1 Å². The lowest BCUT2D eigenvalue weighted by Crippen LogP contribution is -2.54. The summed E-state index contributed by atoms with van der Waals surface area (Å²) in [5, 5.41) is 4.87. The topological polar surface area (TPSA) is 148 Å². The second-order valence-electron chi connectivity index (χ2n) is 9.32. The zero-order valence-electron chi connectivity index (χ0n) is 21.7. The van der Waals surface area contributed by atoms with Crippen LogP contribution in [-0.4, -0.2) is 66.3 Å². The van der Waals surface area contributed by atoms with Crippen LogP contribution in [0.15, 0.2) is 18.2 Å². The Morgan fingerprint density at radius 1 is 0.974 bits per heavy atom. The van der Waals surface area contributed by atoms with E-state index in [1.165, 1.54) is 6.07 Å². The van der Waals surface area contributed by atoms with E-state index < -0.39 is 29.7 Å². The van der Waals surface area contributed by atoms with E-state index in [0.29, 0.717) is 26.1 Å². The summed E-state index contributed by atoms with van der Waals surface area (Å²) in [6, 6.07) is 3.52. The van der Waals surface area contributed by atoms with Crippen LogP contribution in [0.5, 0.6) is 0 Å². The molecule has 0 aliphatic carbocycles. The Balaban J connectivity index is 1.37. The summed E-state index contributed by atoms with van der Waals surface area (Å²) in [4.78, 5) is 74.5. The quantitative estimate of drug-likeness (QED) is 0.200. The van der Waals surface area contributed by atoms with Crippen molar-refractivity contribution in [3.8, 4) is 0 Å². The summed E-state index contributed by atoms with van der Waals surface area (Å²) in [6.45, 7) is 3.14. The Morgan fingerprint density at radius 2 is 1.76 bits per heavy atom. The zero-order valence-corrected chi connectivity index (χ0v) is 21.7. The van der Waals surface area contributed by atoms with Crippen LogP contribution in [0.2, 0.25) is 0 Å². The summed E-state index contributed by atoms with van der Waals surface area (Å²) in [7, 11) is 0.